The van der Waals surface area contributed by atoms with E-state index in [0.29, 0.717) is 42.3 Å². The number of carbonyl (C=O) groups excluding carboxylic acids is 2. The van der Waals surface area contributed by atoms with Gasteiger partial charge in [-0.05, 0) is 86.9 Å². The lowest BCUT2D eigenvalue weighted by molar-refractivity contribution is -0.150. The topological polar surface area (TPSA) is 59.1 Å². The summed E-state index contributed by atoms with van der Waals surface area (Å²) in [6.45, 7) is 4.35. The van der Waals surface area contributed by atoms with Crippen LogP contribution in [0.3, 0.4) is 0 Å². The Hall–Kier alpha value is -2.59. The fraction of sp³-hybridized carbons (Fsp3) is 0.600. The first kappa shape index (κ1) is 28.9. The van der Waals surface area contributed by atoms with Crippen molar-refractivity contribution in [2.24, 2.45) is 5.92 Å². The summed E-state index contributed by atoms with van der Waals surface area (Å²) in [5, 5.41) is 0. The molecule has 2 fully saturated rings. The van der Waals surface area contributed by atoms with E-state index in [9.17, 15) is 22.8 Å². The molecule has 6 nitrogen and oxygen atoms in total. The van der Waals surface area contributed by atoms with Crippen LogP contribution in [0, 0.1) is 5.92 Å². The molecule has 2 aliphatic heterocycles. The van der Waals surface area contributed by atoms with Crippen molar-refractivity contribution in [2.45, 2.75) is 77.0 Å². The first-order valence-electron chi connectivity index (χ1n) is 14.4. The first-order valence-corrected chi connectivity index (χ1v) is 15.2. The normalized spacial score (nSPS) is 20.4. The highest BCUT2D eigenvalue weighted by atomic mass is 32.1. The molecule has 1 atom stereocenters. The molecule has 0 unspecified atom stereocenters. The molecule has 40 heavy (non-hydrogen) atoms. The number of likely N-dealkylation sites (tertiary alicyclic amines) is 1. The maximum atomic E-state index is 13.8. The molecule has 2 aromatic rings. The first-order chi connectivity index (χ1) is 19.2. The van der Waals surface area contributed by atoms with Crippen LogP contribution in [0.1, 0.15) is 78.7 Å². The molecule has 3 aliphatic rings. The van der Waals surface area contributed by atoms with Crippen molar-refractivity contribution in [1.29, 1.82) is 0 Å². The standard InChI is InChI=1S/C30H37F3N2O4S/c1-2-38-29(37)22-9-6-13-34(17-22)18-27(36)35-14-12-21-15-23(10-11-26(21)35)39-19-24-16-25(20-7-4-3-5-8-20)28(40-24)30(31,32)33/h10-11,15-16,20,22H,2-9,12-14,17-19H2,1H3/t22-/m1/s1. The Kier molecular flexibility index (Phi) is 9.05. The number of ether oxygens (including phenoxy) is 2. The zero-order valence-electron chi connectivity index (χ0n) is 22.9. The molecule has 0 radical (unpaired) electrons. The third-order valence-electron chi connectivity index (χ3n) is 8.23. The van der Waals surface area contributed by atoms with Crippen LogP contribution >= 0.6 is 11.3 Å². The molecule has 0 spiro atoms. The second-order valence-electron chi connectivity index (χ2n) is 11.0. The smallest absolute Gasteiger partial charge is 0.425 e. The highest BCUT2D eigenvalue weighted by molar-refractivity contribution is 7.12. The van der Waals surface area contributed by atoms with Gasteiger partial charge in [0.15, 0.2) is 0 Å². The van der Waals surface area contributed by atoms with E-state index in [1.54, 1.807) is 24.0 Å². The molecule has 5 rings (SSSR count). The Bertz CT molecular complexity index is 1210. The summed E-state index contributed by atoms with van der Waals surface area (Å²) in [5.74, 6) is 0.162. The maximum Gasteiger partial charge on any atom is 0.425 e. The molecular weight excluding hydrogens is 541 g/mol. The van der Waals surface area contributed by atoms with Crippen molar-refractivity contribution in [2.75, 3.05) is 37.7 Å². The molecule has 1 aliphatic carbocycles. The summed E-state index contributed by atoms with van der Waals surface area (Å²) in [5.41, 5.74) is 2.26. The van der Waals surface area contributed by atoms with Gasteiger partial charge in [-0.1, -0.05) is 19.3 Å². The van der Waals surface area contributed by atoms with E-state index in [1.807, 2.05) is 17.0 Å². The number of anilines is 1. The van der Waals surface area contributed by atoms with Crippen molar-refractivity contribution in [3.8, 4) is 5.75 Å². The minimum Gasteiger partial charge on any atom is -0.488 e. The van der Waals surface area contributed by atoms with Crippen molar-refractivity contribution in [1.82, 2.24) is 4.90 Å². The predicted molar refractivity (Wildman–Crippen MR) is 148 cm³/mol. The maximum absolute atomic E-state index is 13.8. The van der Waals surface area contributed by atoms with Crippen LogP contribution in [-0.2, 0) is 33.5 Å². The predicted octanol–water partition coefficient (Wildman–Crippen LogP) is 6.56. The van der Waals surface area contributed by atoms with Crippen LogP contribution in [0.25, 0.3) is 0 Å². The van der Waals surface area contributed by atoms with Gasteiger partial charge in [0.05, 0.1) is 19.1 Å². The second kappa shape index (κ2) is 12.5. The Labute approximate surface area is 237 Å². The average Bonchev–Trinajstić information content (AvgIpc) is 3.57. The molecule has 3 heterocycles. The molecule has 1 aromatic carbocycles. The Morgan fingerprint density at radius 2 is 1.85 bits per heavy atom. The number of halogens is 3. The lowest BCUT2D eigenvalue weighted by Crippen LogP contribution is -2.45. The van der Waals surface area contributed by atoms with E-state index < -0.39 is 11.1 Å². The average molecular weight is 579 g/mol. The van der Waals surface area contributed by atoms with Crippen molar-refractivity contribution < 1.29 is 32.2 Å². The van der Waals surface area contributed by atoms with Gasteiger partial charge in [-0.25, -0.2) is 0 Å². The number of alkyl halides is 3. The number of nitrogens with zero attached hydrogens (tertiary/aromatic N) is 2. The van der Waals surface area contributed by atoms with Gasteiger partial charge >= 0.3 is 12.1 Å². The molecule has 1 aromatic heterocycles. The highest BCUT2D eigenvalue weighted by Crippen LogP contribution is 2.45. The minimum atomic E-state index is -4.35. The van der Waals surface area contributed by atoms with E-state index in [4.69, 9.17) is 9.47 Å². The number of esters is 1. The van der Waals surface area contributed by atoms with Crippen LogP contribution in [0.2, 0.25) is 0 Å². The molecule has 218 valence electrons. The molecule has 10 heteroatoms. The van der Waals surface area contributed by atoms with Gasteiger partial charge in [0.2, 0.25) is 5.91 Å². The van der Waals surface area contributed by atoms with Gasteiger partial charge in [0.1, 0.15) is 17.2 Å². The van der Waals surface area contributed by atoms with Gasteiger partial charge < -0.3 is 14.4 Å². The van der Waals surface area contributed by atoms with E-state index in [0.717, 1.165) is 74.1 Å². The van der Waals surface area contributed by atoms with E-state index in [1.165, 1.54) is 0 Å². The van der Waals surface area contributed by atoms with Crippen LogP contribution in [0.5, 0.6) is 5.75 Å². The van der Waals surface area contributed by atoms with Crippen molar-refractivity contribution >= 4 is 28.9 Å². The molecule has 1 saturated carbocycles. The van der Waals surface area contributed by atoms with Crippen LogP contribution in [0.15, 0.2) is 24.3 Å². The van der Waals surface area contributed by atoms with Crippen molar-refractivity contribution in [3.05, 3.63) is 45.1 Å². The molecule has 0 bridgehead atoms. The van der Waals surface area contributed by atoms with Gasteiger partial charge in [-0.2, -0.15) is 13.2 Å². The number of benzene rings is 1. The SMILES string of the molecule is CCOC(=O)[C@@H]1CCCN(CC(=O)N2CCc3cc(OCc4cc(C5CCCCC5)c(C(F)(F)F)s4)ccc32)C1. The Morgan fingerprint density at radius 3 is 2.60 bits per heavy atom. The zero-order valence-corrected chi connectivity index (χ0v) is 23.7. The summed E-state index contributed by atoms with van der Waals surface area (Å²) in [6.07, 6.45) is 2.63. The molecule has 1 saturated heterocycles. The highest BCUT2D eigenvalue weighted by Gasteiger charge is 2.38. The number of hydrogen-bond acceptors (Lipinski definition) is 6. The lowest BCUT2D eigenvalue weighted by Gasteiger charge is -2.32. The van der Waals surface area contributed by atoms with E-state index in [-0.39, 0.29) is 36.9 Å². The number of carbonyl (C=O) groups is 2. The summed E-state index contributed by atoms with van der Waals surface area (Å²) >= 11 is 0.794. The monoisotopic (exact) mass is 578 g/mol. The largest absolute Gasteiger partial charge is 0.488 e. The fourth-order valence-electron chi connectivity index (χ4n) is 6.28. The lowest BCUT2D eigenvalue weighted by atomic mass is 9.84. The third-order valence-corrected chi connectivity index (χ3v) is 9.40. The zero-order chi connectivity index (χ0) is 28.3. The number of amides is 1. The van der Waals surface area contributed by atoms with Crippen molar-refractivity contribution in [3.63, 3.8) is 0 Å². The fourth-order valence-corrected chi connectivity index (χ4v) is 7.30. The Morgan fingerprint density at radius 1 is 1.05 bits per heavy atom. The van der Waals surface area contributed by atoms with Gasteiger partial charge in [-0.15, -0.1) is 11.3 Å². The molecule has 0 N–H and O–H groups in total. The molecular formula is C30H37F3N2O4S. The van der Waals surface area contributed by atoms with Crippen LogP contribution in [0.4, 0.5) is 18.9 Å². The number of hydrogen-bond donors (Lipinski definition) is 0. The summed E-state index contributed by atoms with van der Waals surface area (Å²) in [6, 6.07) is 7.23. The summed E-state index contributed by atoms with van der Waals surface area (Å²) in [7, 11) is 0. The number of thiophene rings is 1. The van der Waals surface area contributed by atoms with Gasteiger partial charge in [0.25, 0.3) is 0 Å². The van der Waals surface area contributed by atoms with E-state index in [2.05, 4.69) is 0 Å². The minimum absolute atomic E-state index is 0.00886. The number of rotatable bonds is 8. The third kappa shape index (κ3) is 6.65. The number of fused-ring (bicyclic) bond motifs is 1. The Balaban J connectivity index is 1.20. The van der Waals surface area contributed by atoms with E-state index >= 15 is 0 Å². The quantitative estimate of drug-likeness (QED) is 0.332. The summed E-state index contributed by atoms with van der Waals surface area (Å²) < 4.78 is 52.5. The van der Waals surface area contributed by atoms with Gasteiger partial charge in [0, 0.05) is 23.7 Å². The molecule has 1 amide bonds. The summed E-state index contributed by atoms with van der Waals surface area (Å²) in [4.78, 5) is 29.2. The second-order valence-corrected chi connectivity index (χ2v) is 12.2. The van der Waals surface area contributed by atoms with Crippen LogP contribution in [-0.4, -0.2) is 49.6 Å². The number of piperidine rings is 1. The van der Waals surface area contributed by atoms with Crippen LogP contribution < -0.4 is 9.64 Å². The van der Waals surface area contributed by atoms with Gasteiger partial charge in [-0.3, -0.25) is 14.5 Å².